The highest BCUT2D eigenvalue weighted by Gasteiger charge is 2.06. The lowest BCUT2D eigenvalue weighted by Crippen LogP contribution is -2.26. The van der Waals surface area contributed by atoms with Gasteiger partial charge in [0.05, 0.1) is 7.11 Å². The van der Waals surface area contributed by atoms with E-state index in [0.29, 0.717) is 0 Å². The van der Waals surface area contributed by atoms with Crippen LogP contribution < -0.4 is 10.1 Å². The third-order valence-corrected chi connectivity index (χ3v) is 2.07. The third kappa shape index (κ3) is 2.76. The molecule has 0 saturated carbocycles. The van der Waals surface area contributed by atoms with Gasteiger partial charge < -0.3 is 10.1 Å². The number of amides is 1. The van der Waals surface area contributed by atoms with Crippen molar-refractivity contribution < 1.29 is 9.53 Å². The van der Waals surface area contributed by atoms with Crippen LogP contribution in [0.4, 0.5) is 0 Å². The highest BCUT2D eigenvalue weighted by atomic mass is 16.5. The van der Waals surface area contributed by atoms with Crippen molar-refractivity contribution in [1.82, 2.24) is 5.32 Å². The molecule has 76 valence electrons. The fourth-order valence-corrected chi connectivity index (χ4v) is 1.38. The lowest BCUT2D eigenvalue weighted by molar-refractivity contribution is -0.110. The van der Waals surface area contributed by atoms with Crippen LogP contribution in [0.1, 0.15) is 12.5 Å². The number of ether oxygens (including phenoxy) is 1. The minimum absolute atomic E-state index is 0.129. The summed E-state index contributed by atoms with van der Waals surface area (Å²) in [7, 11) is 1.65. The fourth-order valence-electron chi connectivity index (χ4n) is 1.38. The second kappa shape index (κ2) is 5.27. The summed E-state index contributed by atoms with van der Waals surface area (Å²) in [6.07, 6.45) is 1.50. The summed E-state index contributed by atoms with van der Waals surface area (Å²) in [6.45, 7) is 1.96. The van der Waals surface area contributed by atoms with Gasteiger partial charge in [-0.2, -0.15) is 0 Å². The van der Waals surface area contributed by atoms with E-state index in [2.05, 4.69) is 5.32 Å². The van der Waals surface area contributed by atoms with Crippen LogP contribution in [0.5, 0.6) is 5.75 Å². The zero-order chi connectivity index (χ0) is 10.4. The smallest absolute Gasteiger partial charge is 0.207 e. The number of nitrogens with one attached hydrogen (secondary N) is 1. The van der Waals surface area contributed by atoms with Gasteiger partial charge in [-0.3, -0.25) is 4.79 Å². The van der Waals surface area contributed by atoms with Gasteiger partial charge in [0, 0.05) is 6.04 Å². The molecule has 0 saturated heterocycles. The number of benzene rings is 1. The molecule has 1 rings (SSSR count). The van der Waals surface area contributed by atoms with Gasteiger partial charge in [-0.25, -0.2) is 0 Å². The molecule has 1 amide bonds. The normalized spacial score (nSPS) is 11.9. The molecule has 3 nitrogen and oxygen atoms in total. The van der Waals surface area contributed by atoms with Gasteiger partial charge >= 0.3 is 0 Å². The van der Waals surface area contributed by atoms with Crippen LogP contribution in [0, 0.1) is 0 Å². The topological polar surface area (TPSA) is 38.3 Å². The van der Waals surface area contributed by atoms with E-state index in [1.807, 2.05) is 31.2 Å². The van der Waals surface area contributed by atoms with Crippen LogP contribution >= 0.6 is 0 Å². The van der Waals surface area contributed by atoms with Gasteiger partial charge in [0.25, 0.3) is 0 Å². The molecule has 0 aliphatic heterocycles. The zero-order valence-electron chi connectivity index (χ0n) is 8.49. The first-order valence-corrected chi connectivity index (χ1v) is 4.59. The first-order valence-electron chi connectivity index (χ1n) is 4.59. The fraction of sp³-hybridized carbons (Fsp3) is 0.364. The van der Waals surface area contributed by atoms with Crippen molar-refractivity contribution in [3.05, 3.63) is 29.8 Å². The first kappa shape index (κ1) is 10.6. The van der Waals surface area contributed by atoms with E-state index in [1.165, 1.54) is 0 Å². The Morgan fingerprint density at radius 2 is 2.21 bits per heavy atom. The molecular weight excluding hydrogens is 178 g/mol. The van der Waals surface area contributed by atoms with Gasteiger partial charge in [0.1, 0.15) is 5.75 Å². The van der Waals surface area contributed by atoms with Crippen LogP contribution in [-0.2, 0) is 11.2 Å². The summed E-state index contributed by atoms with van der Waals surface area (Å²) in [6, 6.07) is 7.94. The van der Waals surface area contributed by atoms with E-state index >= 15 is 0 Å². The Labute approximate surface area is 84.1 Å². The van der Waals surface area contributed by atoms with Crippen molar-refractivity contribution in [2.75, 3.05) is 7.11 Å². The van der Waals surface area contributed by atoms with E-state index in [4.69, 9.17) is 4.74 Å². The molecule has 1 atom stereocenters. The van der Waals surface area contributed by atoms with E-state index < -0.39 is 0 Å². The molecular formula is C11H15NO2. The quantitative estimate of drug-likeness (QED) is 0.717. The molecule has 0 radical (unpaired) electrons. The van der Waals surface area contributed by atoms with Gasteiger partial charge in [0.15, 0.2) is 0 Å². The minimum Gasteiger partial charge on any atom is -0.496 e. The van der Waals surface area contributed by atoms with Crippen LogP contribution in [0.25, 0.3) is 0 Å². The van der Waals surface area contributed by atoms with E-state index in [-0.39, 0.29) is 6.04 Å². The summed E-state index contributed by atoms with van der Waals surface area (Å²) in [5, 5.41) is 2.71. The Balaban J connectivity index is 2.69. The average molecular weight is 193 g/mol. The summed E-state index contributed by atoms with van der Waals surface area (Å²) in [5.74, 6) is 0.868. The first-order chi connectivity index (χ1) is 6.77. The highest BCUT2D eigenvalue weighted by molar-refractivity contribution is 5.47. The zero-order valence-corrected chi connectivity index (χ0v) is 8.49. The Hall–Kier alpha value is -1.51. The third-order valence-electron chi connectivity index (χ3n) is 2.07. The van der Waals surface area contributed by atoms with Crippen LogP contribution in [0.15, 0.2) is 24.3 Å². The maximum atomic E-state index is 10.2. The SMILES string of the molecule is COc1ccccc1CC(C)NC=O. The lowest BCUT2D eigenvalue weighted by Gasteiger charge is -2.12. The van der Waals surface area contributed by atoms with E-state index in [0.717, 1.165) is 24.1 Å². The number of hydrogen-bond donors (Lipinski definition) is 1. The van der Waals surface area contributed by atoms with E-state index in [1.54, 1.807) is 7.11 Å². The predicted molar refractivity (Wildman–Crippen MR) is 55.4 cm³/mol. The summed E-state index contributed by atoms with van der Waals surface area (Å²) in [4.78, 5) is 10.2. The summed E-state index contributed by atoms with van der Waals surface area (Å²) >= 11 is 0. The molecule has 1 aromatic carbocycles. The number of rotatable bonds is 5. The van der Waals surface area contributed by atoms with Crippen molar-refractivity contribution in [3.8, 4) is 5.75 Å². The van der Waals surface area contributed by atoms with Gasteiger partial charge in [-0.15, -0.1) is 0 Å². The molecule has 0 fully saturated rings. The minimum atomic E-state index is 0.129. The summed E-state index contributed by atoms with van der Waals surface area (Å²) < 4.78 is 5.21. The molecule has 0 aromatic heterocycles. The molecule has 0 aliphatic carbocycles. The molecule has 0 aliphatic rings. The molecule has 0 bridgehead atoms. The van der Waals surface area contributed by atoms with Gasteiger partial charge in [0.2, 0.25) is 6.41 Å². The number of hydrogen-bond acceptors (Lipinski definition) is 2. The Bertz CT molecular complexity index is 299. The standard InChI is InChI=1S/C11H15NO2/c1-9(12-8-13)7-10-5-3-4-6-11(10)14-2/h3-6,8-9H,7H2,1-2H3,(H,12,13). The molecule has 1 aromatic rings. The monoisotopic (exact) mass is 193 g/mol. The maximum absolute atomic E-state index is 10.2. The van der Waals surface area contributed by atoms with Gasteiger partial charge in [-0.1, -0.05) is 18.2 Å². The molecule has 0 spiro atoms. The predicted octanol–water partition coefficient (Wildman–Crippen LogP) is 1.37. The van der Waals surface area contributed by atoms with Crippen LogP contribution in [0.3, 0.4) is 0 Å². The number of carbonyl (C=O) groups is 1. The molecule has 1 N–H and O–H groups in total. The second-order valence-electron chi connectivity index (χ2n) is 3.20. The van der Waals surface area contributed by atoms with Gasteiger partial charge in [-0.05, 0) is 25.0 Å². The van der Waals surface area contributed by atoms with E-state index in [9.17, 15) is 4.79 Å². The maximum Gasteiger partial charge on any atom is 0.207 e. The number of carbonyl (C=O) groups excluding carboxylic acids is 1. The van der Waals surface area contributed by atoms with Crippen LogP contribution in [-0.4, -0.2) is 19.6 Å². The van der Waals surface area contributed by atoms with Crippen molar-refractivity contribution >= 4 is 6.41 Å². The lowest BCUT2D eigenvalue weighted by atomic mass is 10.1. The second-order valence-corrected chi connectivity index (χ2v) is 3.20. The molecule has 3 heteroatoms. The van der Waals surface area contributed by atoms with Crippen molar-refractivity contribution in [1.29, 1.82) is 0 Å². The molecule has 14 heavy (non-hydrogen) atoms. The largest absolute Gasteiger partial charge is 0.496 e. The Morgan fingerprint density at radius 3 is 2.86 bits per heavy atom. The molecule has 1 unspecified atom stereocenters. The Morgan fingerprint density at radius 1 is 1.50 bits per heavy atom. The average Bonchev–Trinajstić information content (AvgIpc) is 2.19. The Kier molecular flexibility index (Phi) is 3.98. The van der Waals surface area contributed by atoms with Crippen molar-refractivity contribution in [3.63, 3.8) is 0 Å². The number of methoxy groups -OCH3 is 1. The highest BCUT2D eigenvalue weighted by Crippen LogP contribution is 2.18. The summed E-state index contributed by atoms with van der Waals surface area (Å²) in [5.41, 5.74) is 1.11. The molecule has 0 heterocycles. The number of para-hydroxylation sites is 1. The van der Waals surface area contributed by atoms with Crippen LogP contribution in [0.2, 0.25) is 0 Å². The van der Waals surface area contributed by atoms with Crippen molar-refractivity contribution in [2.45, 2.75) is 19.4 Å². The van der Waals surface area contributed by atoms with Crippen molar-refractivity contribution in [2.24, 2.45) is 0 Å².